The molecule has 0 spiro atoms. The minimum atomic E-state index is -0.805. The second-order valence-electron chi connectivity index (χ2n) is 3.43. The molecule has 1 aliphatic rings. The van der Waals surface area contributed by atoms with Crippen LogP contribution in [0.15, 0.2) is 0 Å². The van der Waals surface area contributed by atoms with Gasteiger partial charge in [-0.1, -0.05) is 6.92 Å². The Morgan fingerprint density at radius 2 is 2.15 bits per heavy atom. The van der Waals surface area contributed by atoms with Gasteiger partial charge in [-0.25, -0.2) is 0 Å². The van der Waals surface area contributed by atoms with E-state index in [2.05, 4.69) is 0 Å². The van der Waals surface area contributed by atoms with E-state index < -0.39 is 12.4 Å². The first-order chi connectivity index (χ1) is 6.15. The van der Waals surface area contributed by atoms with Crippen LogP contribution >= 0.6 is 0 Å². The smallest absolute Gasteiger partial charge is 0.157 e. The second kappa shape index (κ2) is 4.91. The Labute approximate surface area is 78.5 Å². The van der Waals surface area contributed by atoms with Crippen LogP contribution in [0.1, 0.15) is 26.7 Å². The summed E-state index contributed by atoms with van der Waals surface area (Å²) >= 11 is 0. The second-order valence-corrected chi connectivity index (χ2v) is 3.43. The van der Waals surface area contributed by atoms with E-state index in [0.717, 1.165) is 6.42 Å². The molecule has 0 aliphatic carbocycles. The summed E-state index contributed by atoms with van der Waals surface area (Å²) in [4.78, 5) is 0. The maximum absolute atomic E-state index is 9.62. The van der Waals surface area contributed by atoms with E-state index >= 15 is 0 Å². The molecular formula is C9H18O4. The number of hydrogen-bond donors (Lipinski definition) is 2. The number of rotatable bonds is 3. The van der Waals surface area contributed by atoms with Crippen molar-refractivity contribution in [2.24, 2.45) is 0 Å². The van der Waals surface area contributed by atoms with Crippen LogP contribution in [0.3, 0.4) is 0 Å². The Balaban J connectivity index is 2.41. The van der Waals surface area contributed by atoms with Crippen LogP contribution in [-0.2, 0) is 9.47 Å². The van der Waals surface area contributed by atoms with Gasteiger partial charge >= 0.3 is 0 Å². The Morgan fingerprint density at radius 3 is 2.77 bits per heavy atom. The molecule has 13 heavy (non-hydrogen) atoms. The van der Waals surface area contributed by atoms with Crippen molar-refractivity contribution in [3.63, 3.8) is 0 Å². The van der Waals surface area contributed by atoms with Gasteiger partial charge in [0.2, 0.25) is 0 Å². The molecule has 0 aromatic rings. The van der Waals surface area contributed by atoms with Crippen molar-refractivity contribution >= 4 is 0 Å². The van der Waals surface area contributed by atoms with Gasteiger partial charge in [0, 0.05) is 13.0 Å². The van der Waals surface area contributed by atoms with Gasteiger partial charge in [0.25, 0.3) is 0 Å². The first kappa shape index (κ1) is 10.9. The molecule has 0 saturated carbocycles. The van der Waals surface area contributed by atoms with Gasteiger partial charge in [-0.05, 0) is 13.3 Å². The van der Waals surface area contributed by atoms with Crippen molar-refractivity contribution in [1.82, 2.24) is 0 Å². The van der Waals surface area contributed by atoms with Gasteiger partial charge in [0.1, 0.15) is 6.10 Å². The van der Waals surface area contributed by atoms with E-state index in [-0.39, 0.29) is 12.2 Å². The fraction of sp³-hybridized carbons (Fsp3) is 1.00. The summed E-state index contributed by atoms with van der Waals surface area (Å²) in [6, 6.07) is 0. The SMILES string of the molecule is CCCOC1CC(O)OC(C)C1O. The molecule has 1 rings (SSSR count). The molecule has 1 saturated heterocycles. The van der Waals surface area contributed by atoms with Crippen LogP contribution in [0.25, 0.3) is 0 Å². The van der Waals surface area contributed by atoms with E-state index in [1.807, 2.05) is 6.92 Å². The van der Waals surface area contributed by atoms with Crippen LogP contribution in [0.4, 0.5) is 0 Å². The lowest BCUT2D eigenvalue weighted by molar-refractivity contribution is -0.236. The Kier molecular flexibility index (Phi) is 4.12. The topological polar surface area (TPSA) is 58.9 Å². The lowest BCUT2D eigenvalue weighted by Crippen LogP contribution is -2.48. The average molecular weight is 190 g/mol. The summed E-state index contributed by atoms with van der Waals surface area (Å²) < 4.78 is 10.4. The highest BCUT2D eigenvalue weighted by Crippen LogP contribution is 2.21. The molecule has 0 aromatic carbocycles. The molecule has 4 atom stereocenters. The highest BCUT2D eigenvalue weighted by molar-refractivity contribution is 4.80. The summed E-state index contributed by atoms with van der Waals surface area (Å²) in [5.74, 6) is 0. The van der Waals surface area contributed by atoms with Gasteiger partial charge in [-0.2, -0.15) is 0 Å². The van der Waals surface area contributed by atoms with E-state index in [1.165, 1.54) is 0 Å². The van der Waals surface area contributed by atoms with Crippen LogP contribution in [0.2, 0.25) is 0 Å². The van der Waals surface area contributed by atoms with Gasteiger partial charge < -0.3 is 19.7 Å². The van der Waals surface area contributed by atoms with Crippen LogP contribution < -0.4 is 0 Å². The molecule has 0 aromatic heterocycles. The molecule has 0 radical (unpaired) electrons. The lowest BCUT2D eigenvalue weighted by Gasteiger charge is -2.35. The molecule has 4 nitrogen and oxygen atoms in total. The summed E-state index contributed by atoms with van der Waals surface area (Å²) in [6.07, 6.45) is -0.820. The third kappa shape index (κ3) is 2.91. The molecule has 2 N–H and O–H groups in total. The third-order valence-electron chi connectivity index (χ3n) is 2.20. The third-order valence-corrected chi connectivity index (χ3v) is 2.20. The van der Waals surface area contributed by atoms with E-state index in [0.29, 0.717) is 13.0 Å². The quantitative estimate of drug-likeness (QED) is 0.670. The summed E-state index contributed by atoms with van der Waals surface area (Å²) in [6.45, 7) is 4.35. The lowest BCUT2D eigenvalue weighted by atomic mass is 10.0. The molecule has 78 valence electrons. The average Bonchev–Trinajstić information content (AvgIpc) is 2.09. The molecule has 1 fully saturated rings. The van der Waals surface area contributed by atoms with Crippen molar-refractivity contribution in [1.29, 1.82) is 0 Å². The van der Waals surface area contributed by atoms with Crippen LogP contribution in [0.5, 0.6) is 0 Å². The number of aliphatic hydroxyl groups is 2. The predicted molar refractivity (Wildman–Crippen MR) is 47.2 cm³/mol. The molecule has 0 bridgehead atoms. The van der Waals surface area contributed by atoms with Crippen LogP contribution in [0, 0.1) is 0 Å². The van der Waals surface area contributed by atoms with Gasteiger partial charge in [-0.3, -0.25) is 0 Å². The number of aliphatic hydroxyl groups excluding tert-OH is 2. The zero-order chi connectivity index (χ0) is 9.84. The number of ether oxygens (including phenoxy) is 2. The van der Waals surface area contributed by atoms with Gasteiger partial charge in [0.05, 0.1) is 12.2 Å². The Bertz CT molecular complexity index is 151. The van der Waals surface area contributed by atoms with Crippen molar-refractivity contribution in [2.45, 2.75) is 51.3 Å². The largest absolute Gasteiger partial charge is 0.388 e. The van der Waals surface area contributed by atoms with Crippen molar-refractivity contribution in [2.75, 3.05) is 6.61 Å². The first-order valence-electron chi connectivity index (χ1n) is 4.78. The minimum Gasteiger partial charge on any atom is -0.388 e. The van der Waals surface area contributed by atoms with Crippen molar-refractivity contribution in [3.05, 3.63) is 0 Å². The van der Waals surface area contributed by atoms with Crippen molar-refractivity contribution in [3.8, 4) is 0 Å². The number of hydrogen-bond acceptors (Lipinski definition) is 4. The molecule has 0 amide bonds. The fourth-order valence-corrected chi connectivity index (χ4v) is 1.46. The highest BCUT2D eigenvalue weighted by Gasteiger charge is 2.34. The van der Waals surface area contributed by atoms with Crippen molar-refractivity contribution < 1.29 is 19.7 Å². The molecular weight excluding hydrogens is 172 g/mol. The summed E-state index contributed by atoms with van der Waals surface area (Å²) in [5.41, 5.74) is 0. The maximum Gasteiger partial charge on any atom is 0.157 e. The zero-order valence-electron chi connectivity index (χ0n) is 8.14. The highest BCUT2D eigenvalue weighted by atomic mass is 16.6. The Hall–Kier alpha value is -0.160. The van der Waals surface area contributed by atoms with E-state index in [9.17, 15) is 10.2 Å². The zero-order valence-corrected chi connectivity index (χ0v) is 8.14. The Morgan fingerprint density at radius 1 is 1.46 bits per heavy atom. The molecule has 4 unspecified atom stereocenters. The van der Waals surface area contributed by atoms with E-state index in [4.69, 9.17) is 9.47 Å². The molecule has 1 aliphatic heterocycles. The minimum absolute atomic E-state index is 0.293. The monoisotopic (exact) mass is 190 g/mol. The predicted octanol–water partition coefficient (Wildman–Crippen LogP) is 0.270. The first-order valence-corrected chi connectivity index (χ1v) is 4.78. The van der Waals surface area contributed by atoms with E-state index in [1.54, 1.807) is 6.92 Å². The molecule has 1 heterocycles. The standard InChI is InChI=1S/C9H18O4/c1-3-4-12-7-5-8(10)13-6(2)9(7)11/h6-11H,3-5H2,1-2H3. The maximum atomic E-state index is 9.62. The normalized spacial score (nSPS) is 40.6. The van der Waals surface area contributed by atoms with Crippen LogP contribution in [-0.4, -0.2) is 41.4 Å². The van der Waals surface area contributed by atoms with Gasteiger partial charge in [-0.15, -0.1) is 0 Å². The summed E-state index contributed by atoms with van der Waals surface area (Å²) in [7, 11) is 0. The molecule has 4 heteroatoms. The summed E-state index contributed by atoms with van der Waals surface area (Å²) in [5, 5.41) is 18.9. The fourth-order valence-electron chi connectivity index (χ4n) is 1.46. The van der Waals surface area contributed by atoms with Gasteiger partial charge in [0.15, 0.2) is 6.29 Å².